The van der Waals surface area contributed by atoms with E-state index in [1.165, 1.54) is 29.8 Å². The average Bonchev–Trinajstić information content (AvgIpc) is 3.26. The van der Waals surface area contributed by atoms with Gasteiger partial charge in [0, 0.05) is 30.4 Å². The van der Waals surface area contributed by atoms with Crippen LogP contribution in [0.25, 0.3) is 0 Å². The fourth-order valence-corrected chi connectivity index (χ4v) is 3.42. The summed E-state index contributed by atoms with van der Waals surface area (Å²) in [6, 6.07) is 13.4. The van der Waals surface area contributed by atoms with Gasteiger partial charge in [-0.05, 0) is 17.0 Å². The summed E-state index contributed by atoms with van der Waals surface area (Å²) in [6.45, 7) is 4.53. The molecule has 0 radical (unpaired) electrons. The zero-order chi connectivity index (χ0) is 20.6. The predicted octanol–water partition coefficient (Wildman–Crippen LogP) is 2.80. The van der Waals surface area contributed by atoms with Crippen molar-refractivity contribution in [1.82, 2.24) is 15.2 Å². The van der Waals surface area contributed by atoms with Crippen LogP contribution in [0.3, 0.4) is 0 Å². The smallest absolute Gasteiger partial charge is 0.257 e. The highest BCUT2D eigenvalue weighted by Gasteiger charge is 2.19. The second kappa shape index (κ2) is 9.66. The van der Waals surface area contributed by atoms with Crippen LogP contribution >= 0.6 is 11.3 Å². The molecule has 0 spiro atoms. The lowest BCUT2D eigenvalue weighted by Gasteiger charge is -2.12. The van der Waals surface area contributed by atoms with Crippen LogP contribution in [0.1, 0.15) is 31.2 Å². The molecule has 0 aliphatic heterocycles. The van der Waals surface area contributed by atoms with Gasteiger partial charge in [-0.15, -0.1) is 17.9 Å². The number of aromatic nitrogens is 1. The third kappa shape index (κ3) is 5.30. The summed E-state index contributed by atoms with van der Waals surface area (Å²) in [5.41, 5.74) is 0.244. The van der Waals surface area contributed by atoms with Gasteiger partial charge in [-0.1, -0.05) is 42.5 Å². The van der Waals surface area contributed by atoms with E-state index >= 15 is 0 Å². The molecule has 0 fully saturated rings. The van der Waals surface area contributed by atoms with E-state index in [2.05, 4.69) is 17.2 Å². The molecule has 0 atom stereocenters. The Morgan fingerprint density at radius 2 is 1.69 bits per heavy atom. The Balaban J connectivity index is 1.92. The molecule has 0 aliphatic carbocycles. The van der Waals surface area contributed by atoms with E-state index in [0.717, 1.165) is 10.4 Å². The Bertz CT molecular complexity index is 1060. The number of amides is 2. The lowest BCUT2D eigenvalue weighted by atomic mass is 10.1. The molecule has 7 heteroatoms. The predicted molar refractivity (Wildman–Crippen MR) is 114 cm³/mol. The van der Waals surface area contributed by atoms with Crippen molar-refractivity contribution < 1.29 is 9.59 Å². The van der Waals surface area contributed by atoms with Gasteiger partial charge in [0.05, 0.1) is 6.54 Å². The Labute approximate surface area is 172 Å². The van der Waals surface area contributed by atoms with Crippen LogP contribution < -0.4 is 16.1 Å². The van der Waals surface area contributed by atoms with Gasteiger partial charge in [-0.25, -0.2) is 0 Å². The van der Waals surface area contributed by atoms with Gasteiger partial charge >= 0.3 is 0 Å². The summed E-state index contributed by atoms with van der Waals surface area (Å²) in [6.07, 6.45) is 4.49. The second-order valence-electron chi connectivity index (χ2n) is 6.33. The van der Waals surface area contributed by atoms with Gasteiger partial charge in [-0.2, -0.15) is 0 Å². The summed E-state index contributed by atoms with van der Waals surface area (Å²) in [7, 11) is 0. The van der Waals surface area contributed by atoms with Crippen molar-refractivity contribution in [3.8, 4) is 0 Å². The molecule has 29 heavy (non-hydrogen) atoms. The van der Waals surface area contributed by atoms with Crippen LogP contribution in [-0.2, 0) is 13.1 Å². The highest BCUT2D eigenvalue weighted by molar-refractivity contribution is 7.09. The van der Waals surface area contributed by atoms with E-state index in [0.29, 0.717) is 13.1 Å². The minimum atomic E-state index is -0.598. The maximum atomic E-state index is 12.8. The molecule has 148 valence electrons. The highest BCUT2D eigenvalue weighted by Crippen LogP contribution is 2.09. The SMILES string of the molecule is C=CCNC(=O)c1cn(Cc2ccccc2)cc(C(=O)NCc2cccs2)c1=O. The summed E-state index contributed by atoms with van der Waals surface area (Å²) in [4.78, 5) is 38.9. The lowest BCUT2D eigenvalue weighted by Crippen LogP contribution is -2.35. The monoisotopic (exact) mass is 407 g/mol. The van der Waals surface area contributed by atoms with Crippen molar-refractivity contribution in [2.45, 2.75) is 13.1 Å². The number of hydrogen-bond donors (Lipinski definition) is 2. The van der Waals surface area contributed by atoms with Crippen molar-refractivity contribution >= 4 is 23.2 Å². The van der Waals surface area contributed by atoms with E-state index < -0.39 is 17.2 Å². The second-order valence-corrected chi connectivity index (χ2v) is 7.37. The molecule has 2 N–H and O–H groups in total. The molecule has 2 heterocycles. The maximum Gasteiger partial charge on any atom is 0.257 e. The number of rotatable bonds is 8. The minimum absolute atomic E-state index is 0.0660. The molecule has 0 bridgehead atoms. The number of benzene rings is 1. The van der Waals surface area contributed by atoms with Crippen LogP contribution in [0, 0.1) is 0 Å². The van der Waals surface area contributed by atoms with E-state index in [4.69, 9.17) is 0 Å². The van der Waals surface area contributed by atoms with Crippen molar-refractivity contribution in [1.29, 1.82) is 0 Å². The fourth-order valence-electron chi connectivity index (χ4n) is 2.78. The minimum Gasteiger partial charge on any atom is -0.348 e. The Morgan fingerprint density at radius 3 is 2.31 bits per heavy atom. The molecule has 6 nitrogen and oxygen atoms in total. The zero-order valence-electron chi connectivity index (χ0n) is 15.8. The molecular weight excluding hydrogens is 386 g/mol. The van der Waals surface area contributed by atoms with Crippen molar-refractivity contribution in [3.63, 3.8) is 0 Å². The van der Waals surface area contributed by atoms with Crippen molar-refractivity contribution in [2.75, 3.05) is 6.54 Å². The van der Waals surface area contributed by atoms with Gasteiger partial charge in [0.15, 0.2) is 0 Å². The molecule has 3 aromatic rings. The molecule has 1 aromatic carbocycles. The topological polar surface area (TPSA) is 80.2 Å². The van der Waals surface area contributed by atoms with E-state index in [9.17, 15) is 14.4 Å². The quantitative estimate of drug-likeness (QED) is 0.564. The number of nitrogens with one attached hydrogen (secondary N) is 2. The summed E-state index contributed by atoms with van der Waals surface area (Å²) >= 11 is 1.51. The first-order valence-electron chi connectivity index (χ1n) is 9.06. The van der Waals surface area contributed by atoms with Crippen LogP contribution in [-0.4, -0.2) is 22.9 Å². The normalized spacial score (nSPS) is 10.3. The number of nitrogens with zero attached hydrogens (tertiary/aromatic N) is 1. The maximum absolute atomic E-state index is 12.8. The number of hydrogen-bond acceptors (Lipinski definition) is 4. The zero-order valence-corrected chi connectivity index (χ0v) is 16.6. The van der Waals surface area contributed by atoms with E-state index in [1.807, 2.05) is 47.8 Å². The highest BCUT2D eigenvalue weighted by atomic mass is 32.1. The molecule has 0 saturated heterocycles. The molecular formula is C22H21N3O3S. The average molecular weight is 407 g/mol. The van der Waals surface area contributed by atoms with Crippen molar-refractivity contribution in [2.24, 2.45) is 0 Å². The van der Waals surface area contributed by atoms with Crippen LogP contribution in [0.4, 0.5) is 0 Å². The summed E-state index contributed by atoms with van der Waals surface area (Å²) < 4.78 is 1.68. The Kier molecular flexibility index (Phi) is 6.76. The molecule has 0 unspecified atom stereocenters. The molecule has 3 rings (SSSR count). The fraction of sp³-hybridized carbons (Fsp3) is 0.136. The van der Waals surface area contributed by atoms with Crippen LogP contribution in [0.5, 0.6) is 0 Å². The van der Waals surface area contributed by atoms with Crippen LogP contribution in [0.15, 0.2) is 77.7 Å². The number of pyridine rings is 1. The third-order valence-corrected chi connectivity index (χ3v) is 5.06. The molecule has 0 saturated carbocycles. The van der Waals surface area contributed by atoms with Gasteiger partial charge in [0.2, 0.25) is 5.43 Å². The molecule has 0 aliphatic rings. The van der Waals surface area contributed by atoms with Gasteiger partial charge < -0.3 is 15.2 Å². The Morgan fingerprint density at radius 1 is 1.00 bits per heavy atom. The first kappa shape index (κ1) is 20.3. The van der Waals surface area contributed by atoms with E-state index in [-0.39, 0.29) is 17.7 Å². The van der Waals surface area contributed by atoms with Gasteiger partial charge in [0.1, 0.15) is 11.1 Å². The van der Waals surface area contributed by atoms with Crippen molar-refractivity contribution in [3.05, 3.63) is 105 Å². The van der Waals surface area contributed by atoms with Gasteiger partial charge in [0.25, 0.3) is 11.8 Å². The first-order chi connectivity index (χ1) is 14.1. The summed E-state index contributed by atoms with van der Waals surface area (Å²) in [5.74, 6) is -1.05. The van der Waals surface area contributed by atoms with Crippen LogP contribution in [0.2, 0.25) is 0 Å². The van der Waals surface area contributed by atoms with E-state index in [1.54, 1.807) is 4.57 Å². The number of thiophene rings is 1. The number of carbonyl (C=O) groups excluding carboxylic acids is 2. The standard InChI is InChI=1S/C22H21N3O3S/c1-2-10-23-21(27)18-14-25(13-16-7-4-3-5-8-16)15-19(20(18)26)22(28)24-12-17-9-6-11-29-17/h2-9,11,14-15H,1,10,12-13H2,(H,23,27)(H,24,28). The largest absolute Gasteiger partial charge is 0.348 e. The lowest BCUT2D eigenvalue weighted by molar-refractivity contribution is 0.0949. The number of carbonyl (C=O) groups is 2. The third-order valence-electron chi connectivity index (χ3n) is 4.19. The molecule has 2 aromatic heterocycles. The first-order valence-corrected chi connectivity index (χ1v) is 9.94. The Hall–Kier alpha value is -3.45. The summed E-state index contributed by atoms with van der Waals surface area (Å²) in [5, 5.41) is 7.27. The molecule has 2 amide bonds. The van der Waals surface area contributed by atoms with Gasteiger partial charge in [-0.3, -0.25) is 14.4 Å².